The zero-order valence-corrected chi connectivity index (χ0v) is 19.1. The summed E-state index contributed by atoms with van der Waals surface area (Å²) in [6.07, 6.45) is 3.48. The first kappa shape index (κ1) is 25.3. The average Bonchev–Trinajstić information content (AvgIpc) is 3.17. The van der Waals surface area contributed by atoms with Crippen LogP contribution in [0.25, 0.3) is 22.3 Å². The van der Waals surface area contributed by atoms with E-state index in [9.17, 15) is 9.59 Å². The average molecular weight is 460 g/mol. The number of aromatic nitrogens is 5. The normalized spacial score (nSPS) is 10.2. The molecule has 0 spiro atoms. The maximum atomic E-state index is 11.4. The minimum Gasteiger partial charge on any atom is -0.478 e. The molecule has 35 heavy (non-hydrogen) atoms. The van der Waals surface area contributed by atoms with Crippen LogP contribution in [0.4, 0.5) is 5.95 Å². The molecule has 170 valence electrons. The summed E-state index contributed by atoms with van der Waals surface area (Å²) in [5, 5.41) is 12.5. The molecule has 2 aromatic carbocycles. The van der Waals surface area contributed by atoms with Crippen molar-refractivity contribution in [3.05, 3.63) is 114 Å². The molecule has 0 aliphatic heterocycles. The third-order valence-corrected chi connectivity index (χ3v) is 5.00. The van der Waals surface area contributed by atoms with Gasteiger partial charge in [-0.2, -0.15) is 7.05 Å². The van der Waals surface area contributed by atoms with Gasteiger partial charge in [-0.15, -0.1) is 0 Å². The Kier molecular flexibility index (Phi) is 8.10. The van der Waals surface area contributed by atoms with Crippen LogP contribution in [0.3, 0.4) is 0 Å². The van der Waals surface area contributed by atoms with Crippen LogP contribution in [0.1, 0.15) is 15.9 Å². The number of hydrogen-bond donors (Lipinski definition) is 2. The van der Waals surface area contributed by atoms with Gasteiger partial charge in [0.05, 0.1) is 28.8 Å². The number of pyridine rings is 1. The van der Waals surface area contributed by atoms with E-state index < -0.39 is 5.97 Å². The van der Waals surface area contributed by atoms with Crippen LogP contribution in [0.5, 0.6) is 0 Å². The maximum absolute atomic E-state index is 11.4. The summed E-state index contributed by atoms with van der Waals surface area (Å²) in [6.45, 7) is 0.539. The Labute approximate surface area is 213 Å². The molecule has 0 unspecified atom stereocenters. The number of para-hydroxylation sites is 2. The van der Waals surface area contributed by atoms with Gasteiger partial charge in [0.2, 0.25) is 5.95 Å². The van der Waals surface area contributed by atoms with Crippen molar-refractivity contribution in [2.24, 2.45) is 0 Å². The van der Waals surface area contributed by atoms with Crippen LogP contribution in [-0.2, 0) is 6.54 Å². The number of imidazole rings is 1. The number of anilines is 1. The fraction of sp³-hybridized carbons (Fsp3) is 0.0400. The van der Waals surface area contributed by atoms with Crippen LogP contribution in [0, 0.1) is 7.05 Å². The second-order valence-electron chi connectivity index (χ2n) is 7.35. The molecule has 0 amide bonds. The number of nitrogens with zero attached hydrogens (tertiary/aromatic N) is 5. The molecule has 3 N–H and O–H groups in total. The molecule has 5 aromatic rings. The first-order valence-electron chi connectivity index (χ1n) is 10.3. The zero-order chi connectivity index (χ0) is 24.1. The summed E-state index contributed by atoms with van der Waals surface area (Å²) in [4.78, 5) is 30.3. The van der Waals surface area contributed by atoms with Gasteiger partial charge >= 0.3 is 24.8 Å². The molecule has 0 aliphatic carbocycles. The molecule has 0 radical (unpaired) electrons. The van der Waals surface area contributed by atoms with Crippen molar-refractivity contribution in [1.82, 2.24) is 24.3 Å². The van der Waals surface area contributed by atoms with E-state index in [-0.39, 0.29) is 24.4 Å². The van der Waals surface area contributed by atoms with E-state index in [2.05, 4.69) is 22.1 Å². The summed E-state index contributed by atoms with van der Waals surface area (Å²) >= 11 is 0. The molecule has 3 heterocycles. The Hall–Kier alpha value is -4.32. The monoisotopic (exact) mass is 460 g/mol. The fourth-order valence-corrected chi connectivity index (χ4v) is 3.34. The summed E-state index contributed by atoms with van der Waals surface area (Å²) in [5.41, 5.74) is 10.3. The van der Waals surface area contributed by atoms with Crippen molar-refractivity contribution < 1.29 is 28.8 Å². The number of aromatic carboxylic acids is 1. The van der Waals surface area contributed by atoms with Crippen molar-refractivity contribution in [3.8, 4) is 11.3 Å². The van der Waals surface area contributed by atoms with Crippen LogP contribution >= 0.6 is 0 Å². The molecule has 5 rings (SSSR count). The van der Waals surface area contributed by atoms with E-state index in [0.29, 0.717) is 23.8 Å². The number of nitrogen functional groups attached to an aromatic ring is 1. The first-order valence-corrected chi connectivity index (χ1v) is 10.3. The SMILES string of the molecule is O=C(O)c1ccccc1.[CH2-]n1nc(-c2cncc(Cn3c(N)nc4ccccc43)c2)ccc1=O.[Li+]. The first-order chi connectivity index (χ1) is 16.4. The number of carbonyl (C=O) groups is 1. The van der Waals surface area contributed by atoms with Crippen molar-refractivity contribution >= 4 is 23.0 Å². The Balaban J connectivity index is 0.000000291. The quantitative estimate of drug-likeness (QED) is 0.292. The van der Waals surface area contributed by atoms with Gasteiger partial charge in [0, 0.05) is 18.0 Å². The van der Waals surface area contributed by atoms with Crippen molar-refractivity contribution in [1.29, 1.82) is 0 Å². The van der Waals surface area contributed by atoms with Gasteiger partial charge in [-0.25, -0.2) is 14.9 Å². The van der Waals surface area contributed by atoms with E-state index in [1.807, 2.05) is 34.9 Å². The van der Waals surface area contributed by atoms with Crippen LogP contribution < -0.4 is 30.2 Å². The summed E-state index contributed by atoms with van der Waals surface area (Å²) in [7, 11) is 3.58. The molecule has 9 nitrogen and oxygen atoms in total. The number of benzene rings is 2. The maximum Gasteiger partial charge on any atom is 1.00 e. The predicted molar refractivity (Wildman–Crippen MR) is 129 cm³/mol. The summed E-state index contributed by atoms with van der Waals surface area (Å²) in [6, 6.07) is 21.2. The molecule has 0 saturated carbocycles. The van der Waals surface area contributed by atoms with E-state index in [1.54, 1.807) is 48.8 Å². The van der Waals surface area contributed by atoms with Gasteiger partial charge in [0.1, 0.15) is 5.56 Å². The largest absolute Gasteiger partial charge is 1.00 e. The minimum atomic E-state index is -0.879. The van der Waals surface area contributed by atoms with Gasteiger partial charge in [-0.1, -0.05) is 36.4 Å². The Bertz CT molecular complexity index is 1510. The number of carboxylic acid groups (broad SMARTS) is 1. The van der Waals surface area contributed by atoms with Gasteiger partial charge in [0.15, 0.2) is 0 Å². The second kappa shape index (κ2) is 11.2. The van der Waals surface area contributed by atoms with Crippen molar-refractivity contribution in [3.63, 3.8) is 0 Å². The number of hydrogen-bond acceptors (Lipinski definition) is 6. The van der Waals surface area contributed by atoms with Crippen LogP contribution in [-0.4, -0.2) is 35.4 Å². The number of nitrogens with two attached hydrogens (primary N) is 1. The molecule has 3 aromatic heterocycles. The smallest absolute Gasteiger partial charge is 0.478 e. The molecule has 0 saturated heterocycles. The van der Waals surface area contributed by atoms with E-state index in [1.165, 1.54) is 6.07 Å². The molecule has 0 aliphatic rings. The topological polar surface area (TPSA) is 129 Å². The Morgan fingerprint density at radius 2 is 1.71 bits per heavy atom. The third kappa shape index (κ3) is 5.98. The minimum absolute atomic E-state index is 0. The third-order valence-electron chi connectivity index (χ3n) is 5.00. The van der Waals surface area contributed by atoms with Gasteiger partial charge in [-0.3, -0.25) is 4.98 Å². The van der Waals surface area contributed by atoms with Crippen LogP contribution in [0.2, 0.25) is 0 Å². The molecule has 10 heteroatoms. The van der Waals surface area contributed by atoms with Gasteiger partial charge in [0.25, 0.3) is 0 Å². The zero-order valence-electron chi connectivity index (χ0n) is 19.1. The Morgan fingerprint density at radius 3 is 2.40 bits per heavy atom. The number of fused-ring (bicyclic) bond motifs is 1. The summed E-state index contributed by atoms with van der Waals surface area (Å²) < 4.78 is 3.00. The molecule has 0 fully saturated rings. The summed E-state index contributed by atoms with van der Waals surface area (Å²) in [5.74, 6) is -0.424. The van der Waals surface area contributed by atoms with Crippen LogP contribution in [0.15, 0.2) is 90.0 Å². The fourth-order valence-electron chi connectivity index (χ4n) is 3.34. The van der Waals surface area contributed by atoms with Crippen molar-refractivity contribution in [2.75, 3.05) is 5.73 Å². The van der Waals surface area contributed by atoms with Gasteiger partial charge in [-0.05, 0) is 42.0 Å². The Morgan fingerprint density at radius 1 is 1.00 bits per heavy atom. The molecular formula is C25H21LiN6O3. The number of carboxylic acids is 1. The van der Waals surface area contributed by atoms with Gasteiger partial charge < -0.3 is 24.9 Å². The molecule has 0 atom stereocenters. The van der Waals surface area contributed by atoms with E-state index in [0.717, 1.165) is 26.8 Å². The van der Waals surface area contributed by atoms with E-state index in [4.69, 9.17) is 10.8 Å². The molecular weight excluding hydrogens is 439 g/mol. The predicted octanol–water partition coefficient (Wildman–Crippen LogP) is 0.314. The van der Waals surface area contributed by atoms with Crippen molar-refractivity contribution in [2.45, 2.75) is 6.54 Å². The van der Waals surface area contributed by atoms with E-state index >= 15 is 0 Å². The standard InChI is InChI=1S/C18H15N6O.C7H6O2.Li/c1-23-17(25)7-6-14(22-23)13-8-12(9-20-10-13)11-24-16-5-3-2-4-15(16)21-18(24)19;8-7(9)6-4-2-1-3-5-6;/h2-10H,1,11H2,(H2,19,21);1-5H,(H,8,9);/q-1;;+1. The molecule has 0 bridgehead atoms. The second-order valence-corrected chi connectivity index (χ2v) is 7.35. The number of rotatable bonds is 4.